The molecule has 35 heavy (non-hydrogen) atoms. The van der Waals surface area contributed by atoms with Crippen molar-refractivity contribution in [1.82, 2.24) is 15.2 Å². The Hall–Kier alpha value is -2.66. The molecule has 2 fully saturated rings. The Bertz CT molecular complexity index is 1130. The van der Waals surface area contributed by atoms with Gasteiger partial charge in [-0.1, -0.05) is 17.7 Å². The molecule has 0 saturated carbocycles. The quantitative estimate of drug-likeness (QED) is 0.652. The number of pyridine rings is 1. The molecule has 9 nitrogen and oxygen atoms in total. The summed E-state index contributed by atoms with van der Waals surface area (Å²) in [5, 5.41) is 13.8. The van der Waals surface area contributed by atoms with Gasteiger partial charge in [-0.3, -0.25) is 4.79 Å². The van der Waals surface area contributed by atoms with Crippen molar-refractivity contribution in [3.8, 4) is 22.8 Å². The van der Waals surface area contributed by atoms with Crippen LogP contribution in [0.2, 0.25) is 5.02 Å². The number of halogens is 2. The van der Waals surface area contributed by atoms with E-state index in [9.17, 15) is 14.3 Å². The summed E-state index contributed by atoms with van der Waals surface area (Å²) >= 11 is 6.74. The normalized spacial score (nSPS) is 24.5. The van der Waals surface area contributed by atoms with Crippen LogP contribution in [0.5, 0.6) is 11.5 Å². The van der Waals surface area contributed by atoms with Gasteiger partial charge in [-0.05, 0) is 19.1 Å². The van der Waals surface area contributed by atoms with E-state index < -0.39 is 11.4 Å². The number of methoxy groups -OCH3 is 1. The van der Waals surface area contributed by atoms with E-state index in [0.29, 0.717) is 51.8 Å². The molecule has 2 saturated heterocycles. The van der Waals surface area contributed by atoms with Crippen LogP contribution in [0, 0.1) is 5.82 Å². The van der Waals surface area contributed by atoms with E-state index >= 15 is 0 Å². The highest BCUT2D eigenvalue weighted by Gasteiger charge is 2.41. The first-order chi connectivity index (χ1) is 16.8. The van der Waals surface area contributed by atoms with Crippen LogP contribution in [0.3, 0.4) is 0 Å². The van der Waals surface area contributed by atoms with Crippen molar-refractivity contribution in [2.45, 2.75) is 18.6 Å². The number of piperazine rings is 1. The van der Waals surface area contributed by atoms with Gasteiger partial charge in [-0.2, -0.15) is 0 Å². The number of phenolic OH excluding ortho intramolecular Hbond substituents is 1. The minimum atomic E-state index is -0.682. The lowest BCUT2D eigenvalue weighted by Gasteiger charge is -2.41. The van der Waals surface area contributed by atoms with Gasteiger partial charge in [0.1, 0.15) is 45.9 Å². The lowest BCUT2D eigenvalue weighted by atomic mass is 10.0. The number of rotatable bonds is 4. The van der Waals surface area contributed by atoms with E-state index in [1.807, 2.05) is 11.8 Å². The van der Waals surface area contributed by atoms with Crippen LogP contribution >= 0.6 is 11.6 Å². The number of phenols is 1. The van der Waals surface area contributed by atoms with Gasteiger partial charge in [0.25, 0.3) is 5.91 Å². The molecule has 2 N–H and O–H groups in total. The Morgan fingerprint density at radius 2 is 2.20 bits per heavy atom. The molecule has 1 aromatic heterocycles. The molecule has 1 aromatic carbocycles. The molecule has 0 aliphatic carbocycles. The van der Waals surface area contributed by atoms with Crippen molar-refractivity contribution >= 4 is 23.3 Å². The van der Waals surface area contributed by atoms with E-state index in [-0.39, 0.29) is 51.9 Å². The highest BCUT2D eigenvalue weighted by atomic mass is 35.5. The number of carbonyl (C=O) groups is 1. The summed E-state index contributed by atoms with van der Waals surface area (Å²) in [6, 6.07) is 3.81. The second-order valence-corrected chi connectivity index (χ2v) is 9.63. The van der Waals surface area contributed by atoms with E-state index in [1.54, 1.807) is 12.0 Å². The van der Waals surface area contributed by atoms with Gasteiger partial charge in [0.2, 0.25) is 0 Å². The van der Waals surface area contributed by atoms with Crippen LogP contribution < -0.4 is 15.0 Å². The highest BCUT2D eigenvalue weighted by molar-refractivity contribution is 6.35. The topological polar surface area (TPSA) is 96.4 Å². The second kappa shape index (κ2) is 9.42. The number of ether oxygens (including phenoxy) is 3. The fourth-order valence-electron chi connectivity index (χ4n) is 5.00. The molecule has 4 heterocycles. The number of carbonyl (C=O) groups excluding carboxylic acids is 1. The smallest absolute Gasteiger partial charge is 0.261 e. The minimum absolute atomic E-state index is 0.0155. The molecule has 0 spiro atoms. The van der Waals surface area contributed by atoms with Crippen LogP contribution in [-0.2, 0) is 9.47 Å². The molecule has 2 atom stereocenters. The number of aromatic nitrogens is 1. The van der Waals surface area contributed by atoms with Gasteiger partial charge in [0, 0.05) is 33.3 Å². The third kappa shape index (κ3) is 4.29. The number of hydrogen-bond acceptors (Lipinski definition) is 8. The zero-order valence-corrected chi connectivity index (χ0v) is 20.4. The first-order valence-electron chi connectivity index (χ1n) is 11.6. The molecular weight excluding hydrogens is 479 g/mol. The van der Waals surface area contributed by atoms with Gasteiger partial charge < -0.3 is 34.4 Å². The first-order valence-corrected chi connectivity index (χ1v) is 11.9. The number of aromatic hydroxyl groups is 1. The molecule has 3 aliphatic rings. The van der Waals surface area contributed by atoms with Crippen LogP contribution in [-0.4, -0.2) is 92.2 Å². The number of fused-ring (bicyclic) bond motifs is 2. The molecular formula is C24H28ClFN4O5. The standard InChI is InChI=1S/C24H28ClFN4O5/c1-24(13-33-2)12-29(8-9-35-24)22-18-21(34-11-14-10-27-6-7-30(14)23(18)32)19(25)20(28-22)17-15(26)4-3-5-16(17)31/h3-5,14,27,31H,6-13H2,1-2H3/t14-,24?/m1/s1. The van der Waals surface area contributed by atoms with Crippen molar-refractivity contribution in [1.29, 1.82) is 0 Å². The zero-order chi connectivity index (χ0) is 24.7. The van der Waals surface area contributed by atoms with Crippen molar-refractivity contribution in [2.24, 2.45) is 0 Å². The number of anilines is 1. The summed E-state index contributed by atoms with van der Waals surface area (Å²) in [7, 11) is 1.60. The number of nitrogens with one attached hydrogen (secondary N) is 1. The summed E-state index contributed by atoms with van der Waals surface area (Å²) in [4.78, 5) is 22.3. The van der Waals surface area contributed by atoms with E-state index in [4.69, 9.17) is 30.8 Å². The monoisotopic (exact) mass is 506 g/mol. The summed E-state index contributed by atoms with van der Waals surface area (Å²) in [6.07, 6.45) is 0. The van der Waals surface area contributed by atoms with Crippen LogP contribution in [0.4, 0.5) is 10.2 Å². The van der Waals surface area contributed by atoms with Crippen molar-refractivity contribution in [3.63, 3.8) is 0 Å². The molecule has 2 aromatic rings. The maximum Gasteiger partial charge on any atom is 0.261 e. The summed E-state index contributed by atoms with van der Waals surface area (Å²) in [6.45, 7) is 5.46. The fourth-order valence-corrected chi connectivity index (χ4v) is 5.29. The summed E-state index contributed by atoms with van der Waals surface area (Å²) in [5.41, 5.74) is -0.537. The maximum atomic E-state index is 14.9. The van der Waals surface area contributed by atoms with Crippen LogP contribution in [0.15, 0.2) is 18.2 Å². The second-order valence-electron chi connectivity index (χ2n) is 9.26. The number of benzene rings is 1. The molecule has 1 unspecified atom stereocenters. The van der Waals surface area contributed by atoms with E-state index in [0.717, 1.165) is 0 Å². The fraction of sp³-hybridized carbons (Fsp3) is 0.500. The number of amides is 1. The Kier molecular flexibility index (Phi) is 6.47. The van der Waals surface area contributed by atoms with Gasteiger partial charge in [0.15, 0.2) is 5.75 Å². The Labute approximate surface area is 207 Å². The summed E-state index contributed by atoms with van der Waals surface area (Å²) < 4.78 is 32.4. The maximum absolute atomic E-state index is 14.9. The summed E-state index contributed by atoms with van der Waals surface area (Å²) in [5.74, 6) is -0.765. The Balaban J connectivity index is 1.71. The first kappa shape index (κ1) is 24.1. The number of nitrogens with zero attached hydrogens (tertiary/aromatic N) is 3. The van der Waals surface area contributed by atoms with Crippen molar-refractivity contribution < 1.29 is 28.5 Å². The lowest BCUT2D eigenvalue weighted by Crippen LogP contribution is -2.55. The van der Waals surface area contributed by atoms with E-state index in [1.165, 1.54) is 18.2 Å². The van der Waals surface area contributed by atoms with Crippen LogP contribution in [0.25, 0.3) is 11.3 Å². The van der Waals surface area contributed by atoms with Gasteiger partial charge >= 0.3 is 0 Å². The van der Waals surface area contributed by atoms with Crippen molar-refractivity contribution in [2.75, 3.05) is 64.6 Å². The predicted molar refractivity (Wildman–Crippen MR) is 128 cm³/mol. The van der Waals surface area contributed by atoms with Gasteiger partial charge in [0.05, 0.1) is 31.4 Å². The molecule has 0 radical (unpaired) electrons. The van der Waals surface area contributed by atoms with Crippen LogP contribution in [0.1, 0.15) is 17.3 Å². The molecule has 0 bridgehead atoms. The predicted octanol–water partition coefficient (Wildman–Crippen LogP) is 2.29. The molecule has 188 valence electrons. The molecule has 3 aliphatic heterocycles. The number of hydrogen-bond donors (Lipinski definition) is 2. The molecule has 11 heteroatoms. The largest absolute Gasteiger partial charge is 0.507 e. The SMILES string of the molecule is COCC1(C)CN(c2nc(-c3c(O)cccc3F)c(Cl)c3c2C(=O)N2CCNC[C@@H]2CO3)CCO1. The average molecular weight is 507 g/mol. The lowest BCUT2D eigenvalue weighted by molar-refractivity contribution is -0.0841. The third-order valence-electron chi connectivity index (χ3n) is 6.64. The van der Waals surface area contributed by atoms with Crippen molar-refractivity contribution in [3.05, 3.63) is 34.6 Å². The zero-order valence-electron chi connectivity index (χ0n) is 19.6. The van der Waals surface area contributed by atoms with Gasteiger partial charge in [-0.15, -0.1) is 0 Å². The highest BCUT2D eigenvalue weighted by Crippen LogP contribution is 2.46. The third-order valence-corrected chi connectivity index (χ3v) is 6.99. The molecule has 5 rings (SSSR count). The minimum Gasteiger partial charge on any atom is -0.507 e. The van der Waals surface area contributed by atoms with E-state index in [2.05, 4.69) is 5.32 Å². The molecule has 1 amide bonds. The Morgan fingerprint density at radius 1 is 1.37 bits per heavy atom. The average Bonchev–Trinajstić information content (AvgIpc) is 2.98. The van der Waals surface area contributed by atoms with Gasteiger partial charge in [-0.25, -0.2) is 9.37 Å². The number of morpholine rings is 1. The Morgan fingerprint density at radius 3 is 2.97 bits per heavy atom.